The number of carbonyl (C=O) groups excluding carboxylic acids is 2. The molecule has 8 heteroatoms. The maximum atomic E-state index is 12.4. The van der Waals surface area contributed by atoms with Gasteiger partial charge in [0.1, 0.15) is 17.8 Å². The molecule has 0 aliphatic carbocycles. The third-order valence-electron chi connectivity index (χ3n) is 3.74. The van der Waals surface area contributed by atoms with Crippen LogP contribution in [0.25, 0.3) is 0 Å². The zero-order valence-corrected chi connectivity index (χ0v) is 15.3. The largest absolute Gasteiger partial charge is 0.462 e. The molecule has 1 amide bonds. The highest BCUT2D eigenvalue weighted by Crippen LogP contribution is 2.20. The highest BCUT2D eigenvalue weighted by molar-refractivity contribution is 5.97. The number of rotatable bonds is 7. The van der Waals surface area contributed by atoms with Crippen LogP contribution in [0.4, 0.5) is 11.5 Å². The Bertz CT molecular complexity index is 963. The van der Waals surface area contributed by atoms with Crippen molar-refractivity contribution in [2.24, 2.45) is 0 Å². The van der Waals surface area contributed by atoms with E-state index in [9.17, 15) is 9.59 Å². The molecule has 0 saturated carbocycles. The number of pyridine rings is 1. The van der Waals surface area contributed by atoms with Crippen LogP contribution in [0.5, 0.6) is 0 Å². The van der Waals surface area contributed by atoms with E-state index in [1.807, 2.05) is 18.2 Å². The zero-order chi connectivity index (χ0) is 19.8. The summed E-state index contributed by atoms with van der Waals surface area (Å²) >= 11 is 0. The first-order valence-corrected chi connectivity index (χ1v) is 8.70. The van der Waals surface area contributed by atoms with E-state index in [2.05, 4.69) is 25.6 Å². The van der Waals surface area contributed by atoms with Crippen LogP contribution in [-0.2, 0) is 11.3 Å². The lowest BCUT2D eigenvalue weighted by Crippen LogP contribution is -2.24. The van der Waals surface area contributed by atoms with E-state index in [1.54, 1.807) is 37.4 Å². The molecule has 2 heterocycles. The third-order valence-corrected chi connectivity index (χ3v) is 3.74. The zero-order valence-electron chi connectivity index (χ0n) is 15.3. The van der Waals surface area contributed by atoms with E-state index >= 15 is 0 Å². The van der Waals surface area contributed by atoms with E-state index in [-0.39, 0.29) is 24.8 Å². The Morgan fingerprint density at radius 3 is 2.64 bits per heavy atom. The number of hydrogen-bond acceptors (Lipinski definition) is 7. The molecule has 3 aromatic rings. The Morgan fingerprint density at radius 2 is 1.86 bits per heavy atom. The number of hydrogen-bond donors (Lipinski definition) is 2. The number of aromatic nitrogens is 3. The van der Waals surface area contributed by atoms with Gasteiger partial charge in [0, 0.05) is 12.3 Å². The van der Waals surface area contributed by atoms with Gasteiger partial charge in [-0.25, -0.2) is 14.8 Å². The van der Waals surface area contributed by atoms with Gasteiger partial charge in [0.15, 0.2) is 0 Å². The molecule has 2 N–H and O–H groups in total. The van der Waals surface area contributed by atoms with Crippen LogP contribution in [0.3, 0.4) is 0 Å². The number of nitrogens with one attached hydrogen (secondary N) is 2. The topological polar surface area (TPSA) is 106 Å². The van der Waals surface area contributed by atoms with Crippen LogP contribution in [-0.4, -0.2) is 33.4 Å². The third kappa shape index (κ3) is 4.88. The average molecular weight is 377 g/mol. The molecular weight excluding hydrogens is 358 g/mol. The first-order valence-electron chi connectivity index (χ1n) is 8.70. The second-order valence-corrected chi connectivity index (χ2v) is 5.68. The van der Waals surface area contributed by atoms with Crippen molar-refractivity contribution < 1.29 is 14.3 Å². The normalized spacial score (nSPS) is 10.2. The molecule has 142 valence electrons. The van der Waals surface area contributed by atoms with E-state index in [1.165, 1.54) is 12.4 Å². The smallest absolute Gasteiger partial charge is 0.340 e. The van der Waals surface area contributed by atoms with E-state index in [4.69, 9.17) is 4.74 Å². The van der Waals surface area contributed by atoms with Crippen LogP contribution in [0, 0.1) is 0 Å². The molecule has 1 aromatic carbocycles. The molecule has 0 spiro atoms. The van der Waals surface area contributed by atoms with Gasteiger partial charge in [-0.3, -0.25) is 9.78 Å². The average Bonchev–Trinajstić information content (AvgIpc) is 2.73. The molecule has 8 nitrogen and oxygen atoms in total. The minimum atomic E-state index is -0.437. The van der Waals surface area contributed by atoms with Gasteiger partial charge in [-0.05, 0) is 31.2 Å². The van der Waals surface area contributed by atoms with Crippen LogP contribution in [0.2, 0.25) is 0 Å². The van der Waals surface area contributed by atoms with Gasteiger partial charge >= 0.3 is 5.97 Å². The molecule has 0 atom stereocenters. The number of amides is 1. The molecule has 0 unspecified atom stereocenters. The fraction of sp³-hybridized carbons (Fsp3) is 0.150. The van der Waals surface area contributed by atoms with Crippen molar-refractivity contribution in [3.8, 4) is 0 Å². The Balaban J connectivity index is 1.72. The van der Waals surface area contributed by atoms with Crippen molar-refractivity contribution in [1.82, 2.24) is 20.3 Å². The summed E-state index contributed by atoms with van der Waals surface area (Å²) in [4.78, 5) is 36.7. The molecule has 0 aliphatic heterocycles. The van der Waals surface area contributed by atoms with Gasteiger partial charge in [-0.15, -0.1) is 0 Å². The highest BCUT2D eigenvalue weighted by atomic mass is 16.5. The van der Waals surface area contributed by atoms with Crippen molar-refractivity contribution in [3.05, 3.63) is 78.0 Å². The standard InChI is InChI=1S/C20H19N5O3/c1-2-28-20(27)15-8-3-4-9-16(15)25-18-11-17(23-13-24-18)19(26)22-12-14-7-5-6-10-21-14/h3-11,13H,2,12H2,1H3,(H,22,26)(H,23,24,25). The summed E-state index contributed by atoms with van der Waals surface area (Å²) in [6, 6.07) is 13.9. The van der Waals surface area contributed by atoms with Crippen molar-refractivity contribution in [2.45, 2.75) is 13.5 Å². The van der Waals surface area contributed by atoms with Gasteiger partial charge in [-0.2, -0.15) is 0 Å². The van der Waals surface area contributed by atoms with Crippen LogP contribution < -0.4 is 10.6 Å². The fourth-order valence-electron chi connectivity index (χ4n) is 2.43. The lowest BCUT2D eigenvalue weighted by Gasteiger charge is -2.11. The maximum Gasteiger partial charge on any atom is 0.340 e. The second-order valence-electron chi connectivity index (χ2n) is 5.68. The summed E-state index contributed by atoms with van der Waals surface area (Å²) in [6.07, 6.45) is 2.94. The molecule has 3 rings (SSSR count). The summed E-state index contributed by atoms with van der Waals surface area (Å²) < 4.78 is 5.06. The number of ether oxygens (including phenoxy) is 1. The monoisotopic (exact) mass is 377 g/mol. The number of esters is 1. The maximum absolute atomic E-state index is 12.4. The number of nitrogens with zero attached hydrogens (tertiary/aromatic N) is 3. The van der Waals surface area contributed by atoms with E-state index in [0.717, 1.165) is 5.69 Å². The Kier molecular flexibility index (Phi) is 6.25. The first-order chi connectivity index (χ1) is 13.7. The fourth-order valence-corrected chi connectivity index (χ4v) is 2.43. The number of anilines is 2. The summed E-state index contributed by atoms with van der Waals surface area (Å²) in [7, 11) is 0. The molecule has 2 aromatic heterocycles. The van der Waals surface area contributed by atoms with E-state index in [0.29, 0.717) is 17.1 Å². The van der Waals surface area contributed by atoms with Crippen LogP contribution in [0.1, 0.15) is 33.5 Å². The number of benzene rings is 1. The minimum absolute atomic E-state index is 0.196. The van der Waals surface area contributed by atoms with Gasteiger partial charge in [0.2, 0.25) is 0 Å². The lowest BCUT2D eigenvalue weighted by molar-refractivity contribution is 0.0527. The molecule has 28 heavy (non-hydrogen) atoms. The first kappa shape index (κ1) is 19.0. The number of carbonyl (C=O) groups is 2. The minimum Gasteiger partial charge on any atom is -0.462 e. The predicted octanol–water partition coefficient (Wildman–Crippen LogP) is 2.72. The summed E-state index contributed by atoms with van der Waals surface area (Å²) in [6.45, 7) is 2.31. The van der Waals surface area contributed by atoms with Crippen LogP contribution >= 0.6 is 0 Å². The molecule has 0 saturated heterocycles. The Morgan fingerprint density at radius 1 is 1.04 bits per heavy atom. The van der Waals surface area contributed by atoms with Gasteiger partial charge in [0.25, 0.3) is 5.91 Å². The van der Waals surface area contributed by atoms with Gasteiger partial charge in [0.05, 0.1) is 30.1 Å². The summed E-state index contributed by atoms with van der Waals surface area (Å²) in [5.74, 6) is -0.405. The Labute approximate surface area is 162 Å². The lowest BCUT2D eigenvalue weighted by atomic mass is 10.2. The second kappa shape index (κ2) is 9.22. The van der Waals surface area contributed by atoms with Gasteiger partial charge < -0.3 is 15.4 Å². The quantitative estimate of drug-likeness (QED) is 0.610. The van der Waals surface area contributed by atoms with Crippen molar-refractivity contribution in [1.29, 1.82) is 0 Å². The highest BCUT2D eigenvalue weighted by Gasteiger charge is 2.14. The van der Waals surface area contributed by atoms with Gasteiger partial charge in [-0.1, -0.05) is 18.2 Å². The Hall–Kier alpha value is -3.81. The number of para-hydroxylation sites is 1. The molecule has 0 radical (unpaired) electrons. The molecular formula is C20H19N5O3. The van der Waals surface area contributed by atoms with Crippen LogP contribution in [0.15, 0.2) is 61.1 Å². The van der Waals surface area contributed by atoms with Crippen molar-refractivity contribution in [2.75, 3.05) is 11.9 Å². The predicted molar refractivity (Wildman–Crippen MR) is 103 cm³/mol. The summed E-state index contributed by atoms with van der Waals surface area (Å²) in [5, 5.41) is 5.80. The van der Waals surface area contributed by atoms with E-state index < -0.39 is 5.97 Å². The SMILES string of the molecule is CCOC(=O)c1ccccc1Nc1cc(C(=O)NCc2ccccn2)ncn1. The van der Waals surface area contributed by atoms with Crippen molar-refractivity contribution >= 4 is 23.4 Å². The van der Waals surface area contributed by atoms with Crippen molar-refractivity contribution in [3.63, 3.8) is 0 Å². The molecule has 0 bridgehead atoms. The molecule has 0 fully saturated rings. The molecule has 0 aliphatic rings. The summed E-state index contributed by atoms with van der Waals surface area (Å²) in [5.41, 5.74) is 1.84.